The molecule has 2 aliphatic rings. The zero-order valence-electron chi connectivity index (χ0n) is 18.1. The number of nitriles is 1. The first-order valence-corrected chi connectivity index (χ1v) is 10.4. The van der Waals surface area contributed by atoms with Gasteiger partial charge in [-0.25, -0.2) is 9.78 Å². The molecule has 10 nitrogen and oxygen atoms in total. The van der Waals surface area contributed by atoms with Crippen LogP contribution >= 0.6 is 0 Å². The lowest BCUT2D eigenvalue weighted by atomic mass is 10.0. The summed E-state index contributed by atoms with van der Waals surface area (Å²) >= 11 is 0. The highest BCUT2D eigenvalue weighted by molar-refractivity contribution is 5.92. The maximum absolute atomic E-state index is 13.0. The Morgan fingerprint density at radius 2 is 2.19 bits per heavy atom. The molecule has 4 rings (SSSR count). The fraction of sp³-hybridized carbons (Fsp3) is 0.455. The Hall–Kier alpha value is -3.10. The van der Waals surface area contributed by atoms with E-state index in [1.165, 1.54) is 20.4 Å². The number of carbonyl (C=O) groups is 1. The van der Waals surface area contributed by atoms with Crippen LogP contribution in [-0.4, -0.2) is 56.1 Å². The van der Waals surface area contributed by atoms with E-state index in [0.717, 1.165) is 18.4 Å². The number of quaternary nitrogens is 1. The Kier molecular flexibility index (Phi) is 6.34. The third kappa shape index (κ3) is 3.80. The number of fused-ring (bicyclic) bond motifs is 1. The molecule has 0 aromatic carbocycles. The minimum atomic E-state index is -0.688. The number of urea groups is 1. The summed E-state index contributed by atoms with van der Waals surface area (Å²) in [5.41, 5.74) is 7.68. The molecule has 2 aliphatic heterocycles. The minimum absolute atomic E-state index is 0.165. The van der Waals surface area contributed by atoms with Gasteiger partial charge in [-0.15, -0.1) is 4.48 Å². The summed E-state index contributed by atoms with van der Waals surface area (Å²) in [6.07, 6.45) is 2.74. The summed E-state index contributed by atoms with van der Waals surface area (Å²) in [5.74, 6) is 1.18. The average molecular weight is 440 g/mol. The van der Waals surface area contributed by atoms with Gasteiger partial charge in [0, 0.05) is 32.6 Å². The Balaban J connectivity index is 1.85. The predicted octanol–water partition coefficient (Wildman–Crippen LogP) is 2.47. The standard InChI is InChI=1S/C22H25N5O5/c1-29-21(30-2)17-6-5-14-4-3-8-27(22(24)28,20(14)26-17)19-10-18(15(11-23)12-25-19)32-16-7-9-31-13-16/h5-6,10,12,16,21H,3-4,7-9,13H2,1-2H3,(H-,24,28)/p+1. The quantitative estimate of drug-likeness (QED) is 0.536. The summed E-state index contributed by atoms with van der Waals surface area (Å²) in [6.45, 7) is 1.43. The number of primary amides is 1. The second-order valence-electron chi connectivity index (χ2n) is 7.75. The Morgan fingerprint density at radius 1 is 1.38 bits per heavy atom. The van der Waals surface area contributed by atoms with Crippen LogP contribution in [0.4, 0.5) is 16.4 Å². The number of amides is 2. The molecule has 0 saturated carbocycles. The first-order chi connectivity index (χ1) is 15.5. The van der Waals surface area contributed by atoms with Gasteiger partial charge in [-0.3, -0.25) is 0 Å². The van der Waals surface area contributed by atoms with Crippen LogP contribution in [-0.2, 0) is 20.6 Å². The minimum Gasteiger partial charge on any atom is -0.486 e. The fourth-order valence-electron chi connectivity index (χ4n) is 4.25. The molecular formula is C22H26N5O5+. The largest absolute Gasteiger partial charge is 0.486 e. The van der Waals surface area contributed by atoms with Crippen molar-refractivity contribution in [1.82, 2.24) is 14.5 Å². The number of pyridine rings is 2. The van der Waals surface area contributed by atoms with E-state index in [0.29, 0.717) is 49.3 Å². The number of carbonyl (C=O) groups excluding carboxylic acids is 1. The topological polar surface area (TPSA) is 130 Å². The van der Waals surface area contributed by atoms with Gasteiger partial charge in [0.05, 0.1) is 25.5 Å². The predicted molar refractivity (Wildman–Crippen MR) is 114 cm³/mol. The molecule has 1 fully saturated rings. The van der Waals surface area contributed by atoms with Crippen LogP contribution in [0.25, 0.3) is 0 Å². The van der Waals surface area contributed by atoms with Gasteiger partial charge in [0.2, 0.25) is 17.9 Å². The fourth-order valence-corrected chi connectivity index (χ4v) is 4.25. The van der Waals surface area contributed by atoms with Crippen molar-refractivity contribution in [3.8, 4) is 11.8 Å². The number of rotatable bonds is 6. The van der Waals surface area contributed by atoms with E-state index >= 15 is 0 Å². The van der Waals surface area contributed by atoms with E-state index < -0.39 is 12.3 Å². The van der Waals surface area contributed by atoms with Gasteiger partial charge in [-0.05, 0) is 18.6 Å². The number of nitrogens with two attached hydrogens (primary N) is 1. The number of aryl methyl sites for hydroxylation is 1. The van der Waals surface area contributed by atoms with Crippen molar-refractivity contribution >= 4 is 17.7 Å². The van der Waals surface area contributed by atoms with Gasteiger partial charge in [0.25, 0.3) is 0 Å². The normalized spacial score (nSPS) is 22.4. The summed E-state index contributed by atoms with van der Waals surface area (Å²) in [7, 11) is 3.04. The van der Waals surface area contributed by atoms with Gasteiger partial charge in [-0.1, -0.05) is 0 Å². The molecule has 0 radical (unpaired) electrons. The molecule has 2 N–H and O–H groups in total. The highest BCUT2D eigenvalue weighted by Gasteiger charge is 2.48. The van der Waals surface area contributed by atoms with Crippen molar-refractivity contribution in [2.75, 3.05) is 34.0 Å². The summed E-state index contributed by atoms with van der Waals surface area (Å²) in [4.78, 5) is 22.2. The number of aromatic nitrogens is 2. The number of hydrogen-bond donors (Lipinski definition) is 1. The van der Waals surface area contributed by atoms with Crippen LogP contribution in [0.2, 0.25) is 0 Å². The van der Waals surface area contributed by atoms with E-state index in [9.17, 15) is 10.1 Å². The lowest BCUT2D eigenvalue weighted by Crippen LogP contribution is -2.56. The van der Waals surface area contributed by atoms with Gasteiger partial charge in [-0.2, -0.15) is 10.2 Å². The number of methoxy groups -OCH3 is 2. The Morgan fingerprint density at radius 3 is 2.84 bits per heavy atom. The maximum atomic E-state index is 13.0. The molecule has 0 spiro atoms. The van der Waals surface area contributed by atoms with Crippen molar-refractivity contribution in [3.63, 3.8) is 0 Å². The van der Waals surface area contributed by atoms with Crippen molar-refractivity contribution < 1.29 is 23.7 Å². The monoisotopic (exact) mass is 440 g/mol. The summed E-state index contributed by atoms with van der Waals surface area (Å²) < 4.78 is 21.7. The second-order valence-corrected chi connectivity index (χ2v) is 7.75. The van der Waals surface area contributed by atoms with Crippen molar-refractivity contribution in [3.05, 3.63) is 41.2 Å². The zero-order chi connectivity index (χ0) is 22.7. The van der Waals surface area contributed by atoms with Crippen molar-refractivity contribution in [1.29, 1.82) is 5.26 Å². The summed E-state index contributed by atoms with van der Waals surface area (Å²) in [5, 5.41) is 9.54. The first kappa shape index (κ1) is 22.1. The van der Waals surface area contributed by atoms with Crippen LogP contribution in [0.5, 0.6) is 5.75 Å². The lowest BCUT2D eigenvalue weighted by Gasteiger charge is -2.35. The molecule has 0 aliphatic carbocycles. The second kappa shape index (κ2) is 9.18. The molecule has 32 heavy (non-hydrogen) atoms. The third-order valence-corrected chi connectivity index (χ3v) is 5.87. The SMILES string of the molecule is COC(OC)c1ccc2c(n1)[N+](C(N)=O)(c1cc(OC3CCOC3)c(C#N)cn1)CCC2. The van der Waals surface area contributed by atoms with Crippen LogP contribution < -0.4 is 15.0 Å². The molecule has 10 heteroatoms. The van der Waals surface area contributed by atoms with Gasteiger partial charge >= 0.3 is 6.03 Å². The first-order valence-electron chi connectivity index (χ1n) is 10.4. The smallest absolute Gasteiger partial charge is 0.426 e. The van der Waals surface area contributed by atoms with Crippen molar-refractivity contribution in [2.24, 2.45) is 5.73 Å². The van der Waals surface area contributed by atoms with Crippen LogP contribution in [0.1, 0.15) is 36.0 Å². The van der Waals surface area contributed by atoms with E-state index in [4.69, 9.17) is 29.7 Å². The van der Waals surface area contributed by atoms with Gasteiger partial charge in [0.1, 0.15) is 35.7 Å². The highest BCUT2D eigenvalue weighted by Crippen LogP contribution is 2.41. The van der Waals surface area contributed by atoms with Crippen LogP contribution in [0.3, 0.4) is 0 Å². The average Bonchev–Trinajstić information content (AvgIpc) is 3.32. The van der Waals surface area contributed by atoms with E-state index in [1.807, 2.05) is 12.1 Å². The Labute approximate surface area is 186 Å². The van der Waals surface area contributed by atoms with Crippen molar-refractivity contribution in [2.45, 2.75) is 31.7 Å². The highest BCUT2D eigenvalue weighted by atomic mass is 16.7. The molecule has 1 saturated heterocycles. The third-order valence-electron chi connectivity index (χ3n) is 5.87. The molecule has 2 aromatic rings. The zero-order valence-corrected chi connectivity index (χ0v) is 18.1. The van der Waals surface area contributed by atoms with Crippen LogP contribution in [0, 0.1) is 11.3 Å². The van der Waals surface area contributed by atoms with Crippen LogP contribution in [0.15, 0.2) is 24.4 Å². The molecule has 4 heterocycles. The maximum Gasteiger partial charge on any atom is 0.426 e. The van der Waals surface area contributed by atoms with E-state index in [-0.39, 0.29) is 16.2 Å². The lowest BCUT2D eigenvalue weighted by molar-refractivity contribution is -0.108. The molecule has 2 atom stereocenters. The molecule has 2 unspecified atom stereocenters. The number of nitrogens with zero attached hydrogens (tertiary/aromatic N) is 4. The molecule has 0 bridgehead atoms. The molecule has 168 valence electrons. The van der Waals surface area contributed by atoms with E-state index in [2.05, 4.69) is 11.1 Å². The number of hydrogen-bond acceptors (Lipinski definition) is 8. The summed E-state index contributed by atoms with van der Waals surface area (Å²) in [6, 6.07) is 6.83. The Bertz CT molecular complexity index is 1050. The molecule has 2 aromatic heterocycles. The molecule has 2 amide bonds. The van der Waals surface area contributed by atoms with E-state index in [1.54, 1.807) is 6.07 Å². The van der Waals surface area contributed by atoms with Gasteiger partial charge < -0.3 is 24.7 Å². The van der Waals surface area contributed by atoms with Gasteiger partial charge in [0.15, 0.2) is 0 Å². The molecular weight excluding hydrogens is 414 g/mol. The number of ether oxygens (including phenoxy) is 4.